The first kappa shape index (κ1) is 22.1. The van der Waals surface area contributed by atoms with Gasteiger partial charge in [-0.05, 0) is 30.5 Å². The Morgan fingerprint density at radius 2 is 2.00 bits per heavy atom. The number of halogens is 2. The lowest BCUT2D eigenvalue weighted by Crippen LogP contribution is -2.41. The second-order valence-electron chi connectivity index (χ2n) is 5.32. The van der Waals surface area contributed by atoms with Crippen molar-refractivity contribution in [3.05, 3.63) is 28.8 Å². The smallest absolute Gasteiger partial charge is 0.339 e. The molecule has 0 radical (unpaired) electrons. The molecule has 9 heteroatoms. The molecule has 3 N–H and O–H groups in total. The fourth-order valence-electron chi connectivity index (χ4n) is 1.99. The molecule has 6 nitrogen and oxygen atoms in total. The van der Waals surface area contributed by atoms with Crippen LogP contribution in [0, 0.1) is 5.92 Å². The molecule has 0 fully saturated rings. The van der Waals surface area contributed by atoms with E-state index in [0.717, 1.165) is 0 Å². The molecule has 1 aromatic rings. The summed E-state index contributed by atoms with van der Waals surface area (Å²) in [5, 5.41) is 0.0166. The van der Waals surface area contributed by atoms with Crippen molar-refractivity contribution in [3.8, 4) is 0 Å². The summed E-state index contributed by atoms with van der Waals surface area (Å²) in [5.74, 6) is -0.317. The van der Waals surface area contributed by atoms with Gasteiger partial charge in [0.05, 0.1) is 22.6 Å². The van der Waals surface area contributed by atoms with E-state index in [4.69, 9.17) is 17.3 Å². The molecule has 132 valence electrons. The highest BCUT2D eigenvalue weighted by Crippen LogP contribution is 2.22. The number of hydrogen-bond acceptors (Lipinski definition) is 5. The number of sulfonamides is 1. The predicted molar refractivity (Wildman–Crippen MR) is 92.7 cm³/mol. The minimum Gasteiger partial charge on any atom is -0.465 e. The van der Waals surface area contributed by atoms with E-state index in [1.54, 1.807) is 0 Å². The van der Waals surface area contributed by atoms with E-state index in [1.165, 1.54) is 25.3 Å². The Morgan fingerprint density at radius 1 is 1.39 bits per heavy atom. The van der Waals surface area contributed by atoms with Crippen LogP contribution in [0.1, 0.15) is 30.6 Å². The number of nitrogens with one attached hydrogen (secondary N) is 1. The van der Waals surface area contributed by atoms with Crippen LogP contribution in [0.3, 0.4) is 0 Å². The summed E-state index contributed by atoms with van der Waals surface area (Å²) in [6, 6.07) is 3.49. The van der Waals surface area contributed by atoms with Crippen molar-refractivity contribution in [2.75, 3.05) is 13.7 Å². The molecule has 0 aliphatic heterocycles. The summed E-state index contributed by atoms with van der Waals surface area (Å²) >= 11 is 5.95. The van der Waals surface area contributed by atoms with Crippen LogP contribution in [0.25, 0.3) is 0 Å². The topological polar surface area (TPSA) is 98.5 Å². The fraction of sp³-hybridized carbons (Fsp3) is 0.500. The molecule has 0 amide bonds. The minimum absolute atomic E-state index is 0. The molecule has 23 heavy (non-hydrogen) atoms. The van der Waals surface area contributed by atoms with Crippen LogP contribution in [0.2, 0.25) is 5.02 Å². The molecule has 0 aliphatic carbocycles. The van der Waals surface area contributed by atoms with E-state index in [-0.39, 0.29) is 40.5 Å². The summed E-state index contributed by atoms with van der Waals surface area (Å²) in [7, 11) is -2.53. The summed E-state index contributed by atoms with van der Waals surface area (Å²) in [5.41, 5.74) is 5.72. The Morgan fingerprint density at radius 3 is 2.43 bits per heavy atom. The van der Waals surface area contributed by atoms with Gasteiger partial charge in [0, 0.05) is 12.6 Å². The average molecular weight is 385 g/mol. The van der Waals surface area contributed by atoms with Gasteiger partial charge >= 0.3 is 5.97 Å². The molecule has 1 atom stereocenters. The fourth-order valence-corrected chi connectivity index (χ4v) is 3.60. The number of carbonyl (C=O) groups excluding carboxylic acids is 1. The molecule has 0 bridgehead atoms. The van der Waals surface area contributed by atoms with Gasteiger partial charge in [0.1, 0.15) is 0 Å². The van der Waals surface area contributed by atoms with Gasteiger partial charge in [-0.1, -0.05) is 25.4 Å². The van der Waals surface area contributed by atoms with Gasteiger partial charge in [0.2, 0.25) is 10.0 Å². The molecule has 0 saturated heterocycles. The largest absolute Gasteiger partial charge is 0.465 e. The number of carbonyl (C=O) groups is 1. The Hall–Kier alpha value is -0.860. The van der Waals surface area contributed by atoms with Gasteiger partial charge in [0.15, 0.2) is 0 Å². The van der Waals surface area contributed by atoms with E-state index < -0.39 is 16.0 Å². The standard InChI is InChI=1S/C14H21ClN2O4S.ClH/c1-9(2)6-10(8-16)17-22(19,20)11-4-5-12(13(15)7-11)14(18)21-3;/h4-5,7,9-10,17H,6,8,16H2,1-3H3;1H. The number of ether oxygens (including phenoxy) is 1. The zero-order valence-corrected chi connectivity index (χ0v) is 15.6. The number of methoxy groups -OCH3 is 1. The predicted octanol–water partition coefficient (Wildman–Crippen LogP) is 2.20. The van der Waals surface area contributed by atoms with Gasteiger partial charge < -0.3 is 10.5 Å². The maximum atomic E-state index is 12.3. The second kappa shape index (κ2) is 9.44. The van der Waals surface area contributed by atoms with Crippen molar-refractivity contribution in [1.82, 2.24) is 4.72 Å². The molecular formula is C14H22Cl2N2O4S. The summed E-state index contributed by atoms with van der Waals surface area (Å²) in [6.07, 6.45) is 0.629. The molecule has 0 heterocycles. The lowest BCUT2D eigenvalue weighted by atomic mass is 10.1. The van der Waals surface area contributed by atoms with Crippen molar-refractivity contribution in [3.63, 3.8) is 0 Å². The van der Waals surface area contributed by atoms with Gasteiger partial charge in [-0.2, -0.15) is 0 Å². The van der Waals surface area contributed by atoms with E-state index in [0.29, 0.717) is 12.3 Å². The number of benzene rings is 1. The SMILES string of the molecule is COC(=O)c1ccc(S(=O)(=O)NC(CN)CC(C)C)cc1Cl.Cl. The third-order valence-electron chi connectivity index (χ3n) is 3.02. The normalized spacial score (nSPS) is 12.6. The highest BCUT2D eigenvalue weighted by Gasteiger charge is 2.22. The van der Waals surface area contributed by atoms with Crippen molar-refractivity contribution < 1.29 is 17.9 Å². The molecular weight excluding hydrogens is 363 g/mol. The van der Waals surface area contributed by atoms with E-state index in [1.807, 2.05) is 13.8 Å². The third-order valence-corrected chi connectivity index (χ3v) is 4.85. The van der Waals surface area contributed by atoms with Gasteiger partial charge in [-0.25, -0.2) is 17.9 Å². The Balaban J connectivity index is 0.00000484. The van der Waals surface area contributed by atoms with Crippen LogP contribution in [-0.2, 0) is 14.8 Å². The zero-order chi connectivity index (χ0) is 16.9. The van der Waals surface area contributed by atoms with Crippen LogP contribution in [0.5, 0.6) is 0 Å². The Labute approximate surface area is 148 Å². The molecule has 0 saturated carbocycles. The van der Waals surface area contributed by atoms with E-state index in [2.05, 4.69) is 9.46 Å². The Kier molecular flexibility index (Phi) is 9.09. The molecule has 1 aromatic carbocycles. The molecule has 0 aliphatic rings. The van der Waals surface area contributed by atoms with Crippen molar-refractivity contribution in [2.24, 2.45) is 11.7 Å². The number of nitrogens with two attached hydrogens (primary N) is 1. The van der Waals surface area contributed by atoms with E-state index in [9.17, 15) is 13.2 Å². The summed E-state index contributed by atoms with van der Waals surface area (Å²) < 4.78 is 31.8. The maximum absolute atomic E-state index is 12.3. The van der Waals surface area contributed by atoms with Crippen LogP contribution < -0.4 is 10.5 Å². The quantitative estimate of drug-likeness (QED) is 0.702. The molecule has 0 spiro atoms. The van der Waals surface area contributed by atoms with Crippen LogP contribution >= 0.6 is 24.0 Å². The minimum atomic E-state index is -3.76. The molecule has 1 rings (SSSR count). The lowest BCUT2D eigenvalue weighted by Gasteiger charge is -2.19. The number of esters is 1. The number of hydrogen-bond donors (Lipinski definition) is 2. The van der Waals surface area contributed by atoms with Crippen molar-refractivity contribution in [2.45, 2.75) is 31.2 Å². The third kappa shape index (κ3) is 6.27. The summed E-state index contributed by atoms with van der Waals surface area (Å²) in [6.45, 7) is 4.17. The molecule has 1 unspecified atom stereocenters. The number of rotatable bonds is 7. The van der Waals surface area contributed by atoms with Gasteiger partial charge in [-0.3, -0.25) is 0 Å². The van der Waals surface area contributed by atoms with Gasteiger partial charge in [0.25, 0.3) is 0 Å². The monoisotopic (exact) mass is 384 g/mol. The van der Waals surface area contributed by atoms with Crippen molar-refractivity contribution in [1.29, 1.82) is 0 Å². The first-order valence-corrected chi connectivity index (χ1v) is 8.67. The maximum Gasteiger partial charge on any atom is 0.339 e. The van der Waals surface area contributed by atoms with Crippen LogP contribution in [0.15, 0.2) is 23.1 Å². The average Bonchev–Trinajstić information content (AvgIpc) is 2.44. The highest BCUT2D eigenvalue weighted by molar-refractivity contribution is 7.89. The van der Waals surface area contributed by atoms with Gasteiger partial charge in [-0.15, -0.1) is 12.4 Å². The second-order valence-corrected chi connectivity index (χ2v) is 7.44. The first-order chi connectivity index (χ1) is 10.2. The Bertz CT molecular complexity index is 636. The first-order valence-electron chi connectivity index (χ1n) is 6.81. The lowest BCUT2D eigenvalue weighted by molar-refractivity contribution is 0.0601. The van der Waals surface area contributed by atoms with Crippen LogP contribution in [0.4, 0.5) is 0 Å². The zero-order valence-electron chi connectivity index (χ0n) is 13.2. The van der Waals surface area contributed by atoms with Crippen LogP contribution in [-0.4, -0.2) is 34.1 Å². The molecule has 0 aromatic heterocycles. The van der Waals surface area contributed by atoms with E-state index >= 15 is 0 Å². The summed E-state index contributed by atoms with van der Waals surface area (Å²) in [4.78, 5) is 11.4. The van der Waals surface area contributed by atoms with Crippen molar-refractivity contribution >= 4 is 40.0 Å². The highest BCUT2D eigenvalue weighted by atomic mass is 35.5.